The fraction of sp³-hybridized carbons (Fsp3) is 0.188. The zero-order chi connectivity index (χ0) is 14.1. The van der Waals surface area contributed by atoms with Gasteiger partial charge in [0.15, 0.2) is 5.58 Å². The molecule has 0 unspecified atom stereocenters. The van der Waals surface area contributed by atoms with E-state index in [-0.39, 0.29) is 0 Å². The van der Waals surface area contributed by atoms with Gasteiger partial charge < -0.3 is 15.1 Å². The van der Waals surface area contributed by atoms with Crippen LogP contribution in [0.2, 0.25) is 0 Å². The average molecular weight is 267 g/mol. The van der Waals surface area contributed by atoms with E-state index in [4.69, 9.17) is 10.2 Å². The quantitative estimate of drug-likeness (QED) is 0.739. The molecule has 4 heteroatoms. The van der Waals surface area contributed by atoms with Crippen LogP contribution in [0.15, 0.2) is 46.9 Å². The molecule has 0 spiro atoms. The molecular formula is C16H17N3O. The van der Waals surface area contributed by atoms with Crippen molar-refractivity contribution in [1.29, 1.82) is 0 Å². The van der Waals surface area contributed by atoms with Crippen LogP contribution >= 0.6 is 0 Å². The Morgan fingerprint density at radius 2 is 2.05 bits per heavy atom. The summed E-state index contributed by atoms with van der Waals surface area (Å²) in [6.07, 6.45) is 0. The second kappa shape index (κ2) is 4.89. The number of hydrogen-bond acceptors (Lipinski definition) is 4. The van der Waals surface area contributed by atoms with Crippen LogP contribution in [0.3, 0.4) is 0 Å². The molecule has 2 N–H and O–H groups in total. The fourth-order valence-electron chi connectivity index (χ4n) is 2.22. The molecule has 0 aliphatic carbocycles. The first-order valence-corrected chi connectivity index (χ1v) is 6.54. The zero-order valence-corrected chi connectivity index (χ0v) is 11.6. The average Bonchev–Trinajstić information content (AvgIpc) is 2.80. The summed E-state index contributed by atoms with van der Waals surface area (Å²) in [4.78, 5) is 6.59. The van der Waals surface area contributed by atoms with Gasteiger partial charge in [0, 0.05) is 18.4 Å². The van der Waals surface area contributed by atoms with Gasteiger partial charge in [-0.05, 0) is 42.8 Å². The monoisotopic (exact) mass is 267 g/mol. The molecule has 0 bridgehead atoms. The lowest BCUT2D eigenvalue weighted by molar-refractivity contribution is 0.527. The van der Waals surface area contributed by atoms with Gasteiger partial charge in [-0.2, -0.15) is 0 Å². The van der Waals surface area contributed by atoms with Crippen molar-refractivity contribution in [2.75, 3.05) is 17.7 Å². The third-order valence-corrected chi connectivity index (χ3v) is 3.27. The minimum absolute atomic E-state index is 0.623. The number of fused-ring (bicyclic) bond motifs is 1. The molecule has 0 amide bonds. The highest BCUT2D eigenvalue weighted by Gasteiger charge is 2.09. The summed E-state index contributed by atoms with van der Waals surface area (Å²) in [7, 11) is 2.03. The van der Waals surface area contributed by atoms with Gasteiger partial charge in [-0.3, -0.25) is 0 Å². The maximum Gasteiger partial charge on any atom is 0.215 e. The van der Waals surface area contributed by atoms with E-state index in [0.29, 0.717) is 18.1 Å². The highest BCUT2D eigenvalue weighted by Crippen LogP contribution is 2.21. The topological polar surface area (TPSA) is 55.3 Å². The van der Waals surface area contributed by atoms with E-state index in [1.165, 1.54) is 5.56 Å². The molecule has 102 valence electrons. The lowest BCUT2D eigenvalue weighted by atomic mass is 10.2. The molecule has 20 heavy (non-hydrogen) atoms. The molecule has 0 aliphatic heterocycles. The van der Waals surface area contributed by atoms with Crippen molar-refractivity contribution in [2.45, 2.75) is 13.5 Å². The van der Waals surface area contributed by atoms with Crippen LogP contribution in [0, 0.1) is 6.92 Å². The van der Waals surface area contributed by atoms with Crippen LogP contribution in [-0.2, 0) is 6.54 Å². The zero-order valence-electron chi connectivity index (χ0n) is 11.6. The van der Waals surface area contributed by atoms with Gasteiger partial charge in [0.25, 0.3) is 0 Å². The molecule has 3 rings (SSSR count). The van der Waals surface area contributed by atoms with Crippen molar-refractivity contribution in [1.82, 2.24) is 4.98 Å². The molecule has 0 radical (unpaired) electrons. The van der Waals surface area contributed by atoms with Gasteiger partial charge in [0.05, 0.1) is 6.54 Å². The van der Waals surface area contributed by atoms with Gasteiger partial charge in [-0.1, -0.05) is 12.1 Å². The van der Waals surface area contributed by atoms with Gasteiger partial charge in [0.2, 0.25) is 5.89 Å². The Balaban J connectivity index is 1.85. The minimum atomic E-state index is 0.623. The third kappa shape index (κ3) is 2.45. The SMILES string of the molecule is Cc1cccc(N(C)Cc2nc3cc(N)ccc3o2)c1. The number of aromatic nitrogens is 1. The summed E-state index contributed by atoms with van der Waals surface area (Å²) >= 11 is 0. The molecule has 2 aromatic carbocycles. The van der Waals surface area contributed by atoms with Gasteiger partial charge in [-0.15, -0.1) is 0 Å². The summed E-state index contributed by atoms with van der Waals surface area (Å²) in [5.41, 5.74) is 10.4. The first-order valence-electron chi connectivity index (χ1n) is 6.54. The summed E-state index contributed by atoms with van der Waals surface area (Å²) in [5, 5.41) is 0. The molecule has 0 fully saturated rings. The second-order valence-electron chi connectivity index (χ2n) is 5.03. The first-order chi connectivity index (χ1) is 9.61. The highest BCUT2D eigenvalue weighted by molar-refractivity contribution is 5.76. The predicted molar refractivity (Wildman–Crippen MR) is 81.7 cm³/mol. The van der Waals surface area contributed by atoms with Gasteiger partial charge in [0.1, 0.15) is 5.52 Å². The number of nitrogens with zero attached hydrogens (tertiary/aromatic N) is 2. The Kier molecular flexibility index (Phi) is 3.06. The molecule has 4 nitrogen and oxygen atoms in total. The first kappa shape index (κ1) is 12.5. The summed E-state index contributed by atoms with van der Waals surface area (Å²) in [6, 6.07) is 13.9. The summed E-state index contributed by atoms with van der Waals surface area (Å²) in [5.74, 6) is 0.689. The molecule has 0 aliphatic rings. The number of nitrogen functional groups attached to an aromatic ring is 1. The Bertz CT molecular complexity index is 748. The van der Waals surface area contributed by atoms with E-state index >= 15 is 0 Å². The Morgan fingerprint density at radius 1 is 1.20 bits per heavy atom. The largest absolute Gasteiger partial charge is 0.439 e. The molecule has 3 aromatic rings. The highest BCUT2D eigenvalue weighted by atomic mass is 16.3. The van der Waals surface area contributed by atoms with E-state index in [9.17, 15) is 0 Å². The second-order valence-corrected chi connectivity index (χ2v) is 5.03. The number of oxazole rings is 1. The van der Waals surface area contributed by atoms with Crippen molar-refractivity contribution < 1.29 is 4.42 Å². The minimum Gasteiger partial charge on any atom is -0.439 e. The Hall–Kier alpha value is -2.49. The van der Waals surface area contributed by atoms with Crippen molar-refractivity contribution >= 4 is 22.5 Å². The predicted octanol–water partition coefficient (Wildman–Crippen LogP) is 3.35. The van der Waals surface area contributed by atoms with Crippen LogP contribution in [0.1, 0.15) is 11.5 Å². The van der Waals surface area contributed by atoms with Crippen LogP contribution in [0.4, 0.5) is 11.4 Å². The number of rotatable bonds is 3. The van der Waals surface area contributed by atoms with Gasteiger partial charge >= 0.3 is 0 Å². The smallest absolute Gasteiger partial charge is 0.215 e. The number of nitrogens with two attached hydrogens (primary N) is 1. The maximum absolute atomic E-state index is 5.75. The molecule has 1 heterocycles. The van der Waals surface area contributed by atoms with Crippen molar-refractivity contribution in [3.8, 4) is 0 Å². The Morgan fingerprint density at radius 3 is 2.85 bits per heavy atom. The molecule has 0 saturated carbocycles. The van der Waals surface area contributed by atoms with Crippen LogP contribution in [0.25, 0.3) is 11.1 Å². The van der Waals surface area contributed by atoms with E-state index in [0.717, 1.165) is 16.8 Å². The van der Waals surface area contributed by atoms with Crippen molar-refractivity contribution in [3.05, 3.63) is 53.9 Å². The number of hydrogen-bond donors (Lipinski definition) is 1. The lowest BCUT2D eigenvalue weighted by Crippen LogP contribution is -2.16. The summed E-state index contributed by atoms with van der Waals surface area (Å²) < 4.78 is 5.74. The molecule has 1 aromatic heterocycles. The molecule has 0 atom stereocenters. The van der Waals surface area contributed by atoms with Crippen LogP contribution in [-0.4, -0.2) is 12.0 Å². The van der Waals surface area contributed by atoms with Crippen LogP contribution < -0.4 is 10.6 Å². The van der Waals surface area contributed by atoms with Crippen LogP contribution in [0.5, 0.6) is 0 Å². The van der Waals surface area contributed by atoms with Crippen molar-refractivity contribution in [2.24, 2.45) is 0 Å². The van der Waals surface area contributed by atoms with E-state index in [2.05, 4.69) is 35.0 Å². The van der Waals surface area contributed by atoms with E-state index < -0.39 is 0 Å². The Labute approximate surface area is 117 Å². The summed E-state index contributed by atoms with van der Waals surface area (Å²) in [6.45, 7) is 2.71. The fourth-order valence-corrected chi connectivity index (χ4v) is 2.22. The number of anilines is 2. The van der Waals surface area contributed by atoms with E-state index in [1.54, 1.807) is 0 Å². The third-order valence-electron chi connectivity index (χ3n) is 3.27. The lowest BCUT2D eigenvalue weighted by Gasteiger charge is -2.17. The van der Waals surface area contributed by atoms with E-state index in [1.807, 2.05) is 31.3 Å². The van der Waals surface area contributed by atoms with Gasteiger partial charge in [-0.25, -0.2) is 4.98 Å². The number of aryl methyl sites for hydroxylation is 1. The standard InChI is InChI=1S/C16H17N3O/c1-11-4-3-5-13(8-11)19(2)10-16-18-14-9-12(17)6-7-15(14)20-16/h3-9H,10,17H2,1-2H3. The number of benzene rings is 2. The molecule has 0 saturated heterocycles. The maximum atomic E-state index is 5.75. The molecular weight excluding hydrogens is 250 g/mol. The normalized spacial score (nSPS) is 10.9. The van der Waals surface area contributed by atoms with Crippen molar-refractivity contribution in [3.63, 3.8) is 0 Å².